The lowest BCUT2D eigenvalue weighted by molar-refractivity contribution is -0.145. The summed E-state index contributed by atoms with van der Waals surface area (Å²) in [5, 5.41) is 9.13. The predicted molar refractivity (Wildman–Crippen MR) is 129 cm³/mol. The van der Waals surface area contributed by atoms with E-state index in [1.165, 1.54) is 58.3 Å². The lowest BCUT2D eigenvalue weighted by Crippen LogP contribution is -2.17. The fourth-order valence-electron chi connectivity index (χ4n) is 3.96. The first-order valence-corrected chi connectivity index (χ1v) is 12.5. The van der Waals surface area contributed by atoms with E-state index >= 15 is 0 Å². The van der Waals surface area contributed by atoms with Gasteiger partial charge in [0.05, 0.1) is 25.2 Å². The molecular formula is C27H44O5. The summed E-state index contributed by atoms with van der Waals surface area (Å²) < 4.78 is 11.0. The molecule has 0 heterocycles. The molecule has 2 atom stereocenters. The summed E-state index contributed by atoms with van der Waals surface area (Å²) in [4.78, 5) is 22.0. The number of ether oxygens (including phenoxy) is 2. The topological polar surface area (TPSA) is 72.8 Å². The van der Waals surface area contributed by atoms with Crippen molar-refractivity contribution in [3.05, 3.63) is 35.9 Å². The zero-order valence-electron chi connectivity index (χ0n) is 20.2. The molecule has 0 aliphatic heterocycles. The molecule has 0 fully saturated rings. The van der Waals surface area contributed by atoms with Crippen LogP contribution in [-0.4, -0.2) is 29.3 Å². The average molecular weight is 449 g/mol. The standard InChI is InChI=1S/C27H44O5/c1-23(32-24(2)28)17-13-10-8-6-4-3-5-7-9-11-16-20-26(21-27(29)30)31-22-25-18-14-12-15-19-25/h12,14-15,18-19,23,26H,3-11,13,16-17,20-22H2,1-2H3,(H,29,30). The molecule has 0 aliphatic rings. The maximum Gasteiger partial charge on any atom is 0.305 e. The lowest BCUT2D eigenvalue weighted by atomic mass is 10.0. The zero-order valence-corrected chi connectivity index (χ0v) is 20.2. The van der Waals surface area contributed by atoms with Gasteiger partial charge in [-0.3, -0.25) is 9.59 Å². The fourth-order valence-corrected chi connectivity index (χ4v) is 3.96. The van der Waals surface area contributed by atoms with E-state index in [-0.39, 0.29) is 24.6 Å². The van der Waals surface area contributed by atoms with Crippen LogP contribution in [0.1, 0.15) is 109 Å². The Kier molecular flexibility index (Phi) is 16.4. The van der Waals surface area contributed by atoms with Crippen LogP contribution in [0.3, 0.4) is 0 Å². The van der Waals surface area contributed by atoms with Crippen molar-refractivity contribution < 1.29 is 24.2 Å². The maximum atomic E-state index is 11.1. The van der Waals surface area contributed by atoms with Crippen LogP contribution in [0.15, 0.2) is 30.3 Å². The second-order valence-electron chi connectivity index (χ2n) is 8.90. The highest BCUT2D eigenvalue weighted by Gasteiger charge is 2.13. The molecule has 0 saturated carbocycles. The first-order chi connectivity index (χ1) is 15.5. The Balaban J connectivity index is 1.95. The van der Waals surface area contributed by atoms with Gasteiger partial charge in [0.25, 0.3) is 0 Å². The number of esters is 1. The highest BCUT2D eigenvalue weighted by molar-refractivity contribution is 5.67. The maximum absolute atomic E-state index is 11.1. The minimum atomic E-state index is -0.790. The van der Waals surface area contributed by atoms with Gasteiger partial charge in [0, 0.05) is 6.92 Å². The van der Waals surface area contributed by atoms with Crippen molar-refractivity contribution in [2.24, 2.45) is 0 Å². The van der Waals surface area contributed by atoms with Crippen LogP contribution in [0.5, 0.6) is 0 Å². The smallest absolute Gasteiger partial charge is 0.305 e. The monoisotopic (exact) mass is 448 g/mol. The van der Waals surface area contributed by atoms with Crippen LogP contribution in [0.4, 0.5) is 0 Å². The van der Waals surface area contributed by atoms with Crippen LogP contribution in [0.25, 0.3) is 0 Å². The van der Waals surface area contributed by atoms with Gasteiger partial charge in [0.15, 0.2) is 0 Å². The van der Waals surface area contributed by atoms with Crippen molar-refractivity contribution >= 4 is 11.9 Å². The second-order valence-corrected chi connectivity index (χ2v) is 8.90. The van der Waals surface area contributed by atoms with Crippen molar-refractivity contribution in [2.45, 2.75) is 123 Å². The average Bonchev–Trinajstić information content (AvgIpc) is 2.75. The summed E-state index contributed by atoms with van der Waals surface area (Å²) in [6.07, 6.45) is 15.1. The molecule has 2 unspecified atom stereocenters. The van der Waals surface area contributed by atoms with E-state index in [9.17, 15) is 9.59 Å². The predicted octanol–water partition coefficient (Wildman–Crippen LogP) is 7.07. The van der Waals surface area contributed by atoms with Gasteiger partial charge < -0.3 is 14.6 Å². The fraction of sp³-hybridized carbons (Fsp3) is 0.704. The number of hydrogen-bond donors (Lipinski definition) is 1. The number of carboxylic acid groups (broad SMARTS) is 1. The van der Waals surface area contributed by atoms with Gasteiger partial charge in [-0.2, -0.15) is 0 Å². The highest BCUT2D eigenvalue weighted by Crippen LogP contribution is 2.16. The lowest BCUT2D eigenvalue weighted by Gasteiger charge is -2.16. The third-order valence-electron chi connectivity index (χ3n) is 5.73. The van der Waals surface area contributed by atoms with Crippen LogP contribution in [0, 0.1) is 0 Å². The number of hydrogen-bond acceptors (Lipinski definition) is 4. The largest absolute Gasteiger partial charge is 0.481 e. The van der Waals surface area contributed by atoms with E-state index in [1.54, 1.807) is 0 Å². The van der Waals surface area contributed by atoms with E-state index in [0.29, 0.717) is 6.61 Å². The Morgan fingerprint density at radius 1 is 0.812 bits per heavy atom. The Bertz CT molecular complexity index is 601. The van der Waals surface area contributed by atoms with Gasteiger partial charge in [0.1, 0.15) is 0 Å². The number of benzene rings is 1. The second kappa shape index (κ2) is 18.7. The molecule has 1 rings (SSSR count). The minimum Gasteiger partial charge on any atom is -0.481 e. The summed E-state index contributed by atoms with van der Waals surface area (Å²) in [6.45, 7) is 3.91. The van der Waals surface area contributed by atoms with Crippen molar-refractivity contribution in [3.63, 3.8) is 0 Å². The number of rotatable bonds is 20. The molecule has 182 valence electrons. The SMILES string of the molecule is CC(=O)OC(C)CCCCCCCCCCCCCC(CC(=O)O)OCc1ccccc1. The molecule has 0 radical (unpaired) electrons. The van der Waals surface area contributed by atoms with Crippen molar-refractivity contribution in [1.82, 2.24) is 0 Å². The summed E-state index contributed by atoms with van der Waals surface area (Å²) in [6, 6.07) is 9.92. The van der Waals surface area contributed by atoms with Crippen LogP contribution >= 0.6 is 0 Å². The van der Waals surface area contributed by atoms with E-state index < -0.39 is 5.97 Å². The Morgan fingerprint density at radius 2 is 1.31 bits per heavy atom. The van der Waals surface area contributed by atoms with Gasteiger partial charge in [-0.15, -0.1) is 0 Å². The van der Waals surface area contributed by atoms with Gasteiger partial charge in [-0.1, -0.05) is 94.5 Å². The molecule has 1 aromatic carbocycles. The van der Waals surface area contributed by atoms with E-state index in [1.807, 2.05) is 37.3 Å². The number of carboxylic acids is 1. The third-order valence-corrected chi connectivity index (χ3v) is 5.73. The Morgan fingerprint density at radius 3 is 1.81 bits per heavy atom. The van der Waals surface area contributed by atoms with Crippen LogP contribution < -0.4 is 0 Å². The Hall–Kier alpha value is -1.88. The van der Waals surface area contributed by atoms with Crippen molar-refractivity contribution in [3.8, 4) is 0 Å². The van der Waals surface area contributed by atoms with Crippen LogP contribution in [0.2, 0.25) is 0 Å². The molecule has 0 amide bonds. The molecule has 0 aromatic heterocycles. The molecule has 0 saturated heterocycles. The number of carbonyl (C=O) groups excluding carboxylic acids is 1. The van der Waals surface area contributed by atoms with Gasteiger partial charge in [0.2, 0.25) is 0 Å². The summed E-state index contributed by atoms with van der Waals surface area (Å²) in [7, 11) is 0. The molecule has 32 heavy (non-hydrogen) atoms. The Labute approximate surface area is 194 Å². The third kappa shape index (κ3) is 16.8. The van der Waals surface area contributed by atoms with E-state index in [4.69, 9.17) is 14.6 Å². The van der Waals surface area contributed by atoms with Gasteiger partial charge in [-0.05, 0) is 31.7 Å². The number of unbranched alkanes of at least 4 members (excludes halogenated alkanes) is 10. The number of carbonyl (C=O) groups is 2. The molecular weight excluding hydrogens is 404 g/mol. The van der Waals surface area contributed by atoms with Crippen molar-refractivity contribution in [1.29, 1.82) is 0 Å². The summed E-state index contributed by atoms with van der Waals surface area (Å²) in [5.74, 6) is -0.976. The van der Waals surface area contributed by atoms with Crippen molar-refractivity contribution in [2.75, 3.05) is 0 Å². The van der Waals surface area contributed by atoms with Crippen LogP contribution in [-0.2, 0) is 25.7 Å². The highest BCUT2D eigenvalue weighted by atomic mass is 16.5. The molecule has 5 nitrogen and oxygen atoms in total. The molecule has 0 aliphatic carbocycles. The van der Waals surface area contributed by atoms with Gasteiger partial charge >= 0.3 is 11.9 Å². The van der Waals surface area contributed by atoms with Gasteiger partial charge in [-0.25, -0.2) is 0 Å². The summed E-state index contributed by atoms with van der Waals surface area (Å²) in [5.41, 5.74) is 1.08. The van der Waals surface area contributed by atoms with E-state index in [2.05, 4.69) is 0 Å². The molecule has 0 bridgehead atoms. The quantitative estimate of drug-likeness (QED) is 0.171. The molecule has 0 spiro atoms. The zero-order chi connectivity index (χ0) is 23.4. The molecule has 5 heteroatoms. The molecule has 1 aromatic rings. The summed E-state index contributed by atoms with van der Waals surface area (Å²) >= 11 is 0. The molecule has 1 N–H and O–H groups in total. The normalized spacial score (nSPS) is 12.9. The van der Waals surface area contributed by atoms with E-state index in [0.717, 1.165) is 37.7 Å². The first kappa shape index (κ1) is 28.2. The number of aliphatic carboxylic acids is 1. The minimum absolute atomic E-state index is 0.0438. The first-order valence-electron chi connectivity index (χ1n) is 12.5.